The number of carbonyl (C=O) groups is 1. The Morgan fingerprint density at radius 2 is 2.14 bits per heavy atom. The summed E-state index contributed by atoms with van der Waals surface area (Å²) >= 11 is 1.52. The van der Waals surface area contributed by atoms with E-state index in [2.05, 4.69) is 16.0 Å². The van der Waals surface area contributed by atoms with E-state index < -0.39 is 5.91 Å². The number of aromatic amines is 1. The maximum Gasteiger partial charge on any atom is 0.254 e. The normalized spacial score (nSPS) is 28.1. The van der Waals surface area contributed by atoms with Crippen LogP contribution in [0.4, 0.5) is 0 Å². The molecule has 0 aromatic carbocycles. The topological polar surface area (TPSA) is 79.2 Å². The third-order valence-corrected chi connectivity index (χ3v) is 6.13. The van der Waals surface area contributed by atoms with E-state index in [1.54, 1.807) is 0 Å². The Labute approximate surface area is 125 Å². The predicted molar refractivity (Wildman–Crippen MR) is 82.9 cm³/mol. The number of hydrogen-bond acceptors (Lipinski definition) is 4. The number of nitrogens with two attached hydrogens (primary N) is 1. The molecule has 3 aliphatic heterocycles. The molecule has 3 aliphatic rings. The first-order chi connectivity index (χ1) is 10.1. The van der Waals surface area contributed by atoms with Crippen molar-refractivity contribution < 1.29 is 4.79 Å². The average molecular weight is 303 g/mol. The Kier molecular flexibility index (Phi) is 2.90. The minimum absolute atomic E-state index is 0.0461. The van der Waals surface area contributed by atoms with E-state index in [0.717, 1.165) is 18.0 Å². The first-order valence-corrected chi connectivity index (χ1v) is 8.12. The number of piperidine rings is 3. The van der Waals surface area contributed by atoms with Crippen molar-refractivity contribution in [2.45, 2.75) is 18.8 Å². The third kappa shape index (κ3) is 2.01. The molecule has 5 rings (SSSR count). The van der Waals surface area contributed by atoms with E-state index in [1.807, 2.05) is 0 Å². The molecular formula is C15H17N3O2S. The van der Waals surface area contributed by atoms with Crippen molar-refractivity contribution in [3.05, 3.63) is 32.9 Å². The molecule has 0 aliphatic carbocycles. The first-order valence-electron chi connectivity index (χ1n) is 7.31. The first kappa shape index (κ1) is 13.0. The van der Waals surface area contributed by atoms with Gasteiger partial charge in [0.05, 0.1) is 10.2 Å². The fourth-order valence-corrected chi connectivity index (χ4v) is 4.94. The molecule has 2 bridgehead atoms. The molecule has 1 atom stereocenters. The Morgan fingerprint density at radius 3 is 2.76 bits per heavy atom. The molecule has 0 spiro atoms. The molecule has 5 heterocycles. The summed E-state index contributed by atoms with van der Waals surface area (Å²) in [5.41, 5.74) is 5.87. The summed E-state index contributed by atoms with van der Waals surface area (Å²) in [6.45, 7) is 3.50. The van der Waals surface area contributed by atoms with Gasteiger partial charge < -0.3 is 15.6 Å². The lowest BCUT2D eigenvalue weighted by Gasteiger charge is -2.44. The summed E-state index contributed by atoms with van der Waals surface area (Å²) in [5.74, 6) is 0.583. The van der Waals surface area contributed by atoms with Gasteiger partial charge in [0.2, 0.25) is 5.43 Å². The number of aromatic nitrogens is 1. The van der Waals surface area contributed by atoms with Gasteiger partial charge in [0.25, 0.3) is 5.91 Å². The molecule has 3 N–H and O–H groups in total. The highest BCUT2D eigenvalue weighted by Crippen LogP contribution is 2.42. The lowest BCUT2D eigenvalue weighted by molar-refractivity contribution is 0.0885. The van der Waals surface area contributed by atoms with Gasteiger partial charge in [-0.3, -0.25) is 9.59 Å². The minimum atomic E-state index is -0.670. The number of carbonyl (C=O) groups excluding carboxylic acids is 1. The van der Waals surface area contributed by atoms with E-state index in [9.17, 15) is 9.59 Å². The molecule has 2 aromatic heterocycles. The number of H-pyrrole nitrogens is 1. The van der Waals surface area contributed by atoms with Gasteiger partial charge >= 0.3 is 0 Å². The molecule has 0 unspecified atom stereocenters. The van der Waals surface area contributed by atoms with Crippen molar-refractivity contribution in [3.63, 3.8) is 0 Å². The summed E-state index contributed by atoms with van der Waals surface area (Å²) in [4.78, 5) is 30.4. The lowest BCUT2D eigenvalue weighted by atomic mass is 9.78. The van der Waals surface area contributed by atoms with Gasteiger partial charge in [0.15, 0.2) is 0 Å². The van der Waals surface area contributed by atoms with E-state index in [4.69, 9.17) is 5.73 Å². The smallest absolute Gasteiger partial charge is 0.254 e. The van der Waals surface area contributed by atoms with Gasteiger partial charge in [-0.05, 0) is 37.9 Å². The zero-order valence-electron chi connectivity index (χ0n) is 11.6. The molecule has 5 nitrogen and oxygen atoms in total. The largest absolute Gasteiger partial charge is 0.365 e. The molecule has 3 saturated heterocycles. The van der Waals surface area contributed by atoms with Gasteiger partial charge in [-0.15, -0.1) is 11.3 Å². The lowest BCUT2D eigenvalue weighted by Crippen LogP contribution is -2.45. The molecule has 0 saturated carbocycles. The summed E-state index contributed by atoms with van der Waals surface area (Å²) < 4.78 is 0.623. The number of nitrogens with zero attached hydrogens (tertiary/aromatic N) is 1. The van der Waals surface area contributed by atoms with Crippen molar-refractivity contribution in [1.29, 1.82) is 0 Å². The van der Waals surface area contributed by atoms with Crippen LogP contribution in [0.25, 0.3) is 10.2 Å². The van der Waals surface area contributed by atoms with E-state index in [0.29, 0.717) is 10.6 Å². The quantitative estimate of drug-likeness (QED) is 0.882. The number of hydrogen-bond donors (Lipinski definition) is 2. The highest BCUT2D eigenvalue weighted by atomic mass is 32.1. The average Bonchev–Trinajstić information content (AvgIpc) is 2.93. The van der Waals surface area contributed by atoms with Crippen LogP contribution in [0.2, 0.25) is 0 Å². The summed E-state index contributed by atoms with van der Waals surface area (Å²) in [7, 11) is 0. The fraction of sp³-hybridized carbons (Fsp3) is 0.467. The summed E-state index contributed by atoms with van der Waals surface area (Å²) in [5, 5.41) is 0. The van der Waals surface area contributed by atoms with Gasteiger partial charge in [-0.25, -0.2) is 0 Å². The van der Waals surface area contributed by atoms with Crippen LogP contribution in [0, 0.1) is 5.92 Å². The second-order valence-electron chi connectivity index (χ2n) is 6.03. The number of primary amides is 1. The Balaban J connectivity index is 1.79. The maximum atomic E-state index is 12.3. The van der Waals surface area contributed by atoms with Gasteiger partial charge in [0.1, 0.15) is 5.56 Å². The standard InChI is InChI=1S/C15H17N3O2S/c16-15(20)9-6-17-11-5-12(21-14(11)13(9)19)10-7-18-3-1-8(10)2-4-18/h5-6,8,10H,1-4,7H2,(H2,16,20)(H,17,19)/t10-/m0/s1. The molecule has 3 fully saturated rings. The zero-order valence-corrected chi connectivity index (χ0v) is 12.4. The second kappa shape index (κ2) is 4.68. The number of thiophene rings is 1. The molecule has 2 aromatic rings. The minimum Gasteiger partial charge on any atom is -0.365 e. The fourth-order valence-electron chi connectivity index (χ4n) is 3.68. The molecule has 6 heteroatoms. The monoisotopic (exact) mass is 303 g/mol. The molecule has 110 valence electrons. The van der Waals surface area contributed by atoms with Crippen LogP contribution in [0.1, 0.15) is 34.0 Å². The Bertz CT molecular complexity index is 771. The van der Waals surface area contributed by atoms with Crippen LogP contribution in [0.5, 0.6) is 0 Å². The van der Waals surface area contributed by atoms with Crippen molar-refractivity contribution in [2.75, 3.05) is 19.6 Å². The van der Waals surface area contributed by atoms with Crippen LogP contribution < -0.4 is 11.2 Å². The zero-order chi connectivity index (χ0) is 14.6. The number of amides is 1. The van der Waals surface area contributed by atoms with Crippen LogP contribution in [0.15, 0.2) is 17.1 Å². The summed E-state index contributed by atoms with van der Waals surface area (Å²) in [6, 6.07) is 2.08. The van der Waals surface area contributed by atoms with Crippen LogP contribution in [0.3, 0.4) is 0 Å². The predicted octanol–water partition coefficient (Wildman–Crippen LogP) is 1.50. The van der Waals surface area contributed by atoms with Gasteiger partial charge in [-0.2, -0.15) is 0 Å². The van der Waals surface area contributed by atoms with Crippen molar-refractivity contribution in [3.8, 4) is 0 Å². The van der Waals surface area contributed by atoms with Crippen molar-refractivity contribution >= 4 is 27.5 Å². The maximum absolute atomic E-state index is 12.3. The number of rotatable bonds is 2. The number of pyridine rings is 1. The van der Waals surface area contributed by atoms with Crippen molar-refractivity contribution in [1.82, 2.24) is 9.88 Å². The van der Waals surface area contributed by atoms with Gasteiger partial charge in [0, 0.05) is 23.5 Å². The molecule has 0 radical (unpaired) electrons. The van der Waals surface area contributed by atoms with E-state index in [-0.39, 0.29) is 11.0 Å². The highest BCUT2D eigenvalue weighted by Gasteiger charge is 2.35. The molecule has 1 amide bonds. The van der Waals surface area contributed by atoms with Gasteiger partial charge in [-0.1, -0.05) is 0 Å². The van der Waals surface area contributed by atoms with E-state index >= 15 is 0 Å². The van der Waals surface area contributed by atoms with E-state index in [1.165, 1.54) is 48.3 Å². The van der Waals surface area contributed by atoms with Crippen molar-refractivity contribution in [2.24, 2.45) is 11.7 Å². The van der Waals surface area contributed by atoms with Crippen LogP contribution >= 0.6 is 11.3 Å². The second-order valence-corrected chi connectivity index (χ2v) is 7.12. The number of nitrogens with one attached hydrogen (secondary N) is 1. The Hall–Kier alpha value is -1.66. The SMILES string of the molecule is NC(=O)c1c[nH]c2cc([C@H]3CN4CCC3CC4)sc2c1=O. The number of fused-ring (bicyclic) bond motifs is 4. The van der Waals surface area contributed by atoms with Crippen LogP contribution in [-0.4, -0.2) is 35.4 Å². The summed E-state index contributed by atoms with van der Waals surface area (Å²) in [6.07, 6.45) is 3.93. The Morgan fingerprint density at radius 1 is 1.38 bits per heavy atom. The van der Waals surface area contributed by atoms with Crippen LogP contribution in [-0.2, 0) is 0 Å². The third-order valence-electron chi connectivity index (χ3n) is 4.86. The highest BCUT2D eigenvalue weighted by molar-refractivity contribution is 7.19. The molecular weight excluding hydrogens is 286 g/mol. The molecule has 21 heavy (non-hydrogen) atoms.